The quantitative estimate of drug-likeness (QED) is 0.791. The maximum absolute atomic E-state index is 14.1. The first kappa shape index (κ1) is 21.2. The molecular weight excluding hydrogens is 395 g/mol. The van der Waals surface area contributed by atoms with Crippen molar-refractivity contribution in [2.75, 3.05) is 28.6 Å². The van der Waals surface area contributed by atoms with Gasteiger partial charge in [-0.15, -0.1) is 0 Å². The van der Waals surface area contributed by atoms with Crippen molar-refractivity contribution in [1.29, 1.82) is 0 Å². The maximum atomic E-state index is 14.1. The van der Waals surface area contributed by atoms with Crippen molar-refractivity contribution in [3.63, 3.8) is 0 Å². The van der Waals surface area contributed by atoms with Crippen LogP contribution in [0.25, 0.3) is 0 Å². The lowest BCUT2D eigenvalue weighted by atomic mass is 10.1. The molecule has 7 heteroatoms. The van der Waals surface area contributed by atoms with Gasteiger partial charge in [-0.05, 0) is 50.6 Å². The summed E-state index contributed by atoms with van der Waals surface area (Å²) in [5.74, 6) is -0.369. The second-order valence-electron chi connectivity index (χ2n) is 8.69. The first-order valence-corrected chi connectivity index (χ1v) is 10.7. The number of carbonyl (C=O) groups is 2. The molecule has 4 rings (SSSR count). The molecule has 2 aromatic rings. The summed E-state index contributed by atoms with van der Waals surface area (Å²) >= 11 is 0. The van der Waals surface area contributed by atoms with Gasteiger partial charge in [0.15, 0.2) is 0 Å². The number of rotatable bonds is 3. The van der Waals surface area contributed by atoms with Gasteiger partial charge in [0.2, 0.25) is 11.8 Å². The number of piperazine rings is 1. The maximum Gasteiger partial charge on any atom is 0.247 e. The monoisotopic (exact) mass is 424 g/mol. The number of amides is 2. The highest BCUT2D eigenvalue weighted by molar-refractivity contribution is 5.98. The van der Waals surface area contributed by atoms with Crippen LogP contribution in [0.3, 0.4) is 0 Å². The topological polar surface area (TPSA) is 64.7 Å². The Morgan fingerprint density at radius 2 is 1.84 bits per heavy atom. The first-order valence-electron chi connectivity index (χ1n) is 10.7. The van der Waals surface area contributed by atoms with Gasteiger partial charge in [-0.2, -0.15) is 0 Å². The number of aryl methyl sites for hydroxylation is 1. The SMILES string of the molecule is CC(=O)N1[C@H](C)CN(c2cccc(NC(=O)C3Cc4c(F)ccc(C)c4N3)c2)C[C@H]1C. The number of nitrogens with zero attached hydrogens (tertiary/aromatic N) is 2. The molecule has 2 aliphatic rings. The fourth-order valence-electron chi connectivity index (χ4n) is 4.89. The van der Waals surface area contributed by atoms with Crippen LogP contribution in [-0.2, 0) is 16.0 Å². The van der Waals surface area contributed by atoms with Crippen LogP contribution in [0.1, 0.15) is 31.9 Å². The average molecular weight is 425 g/mol. The van der Waals surface area contributed by atoms with E-state index in [-0.39, 0.29) is 29.7 Å². The fourth-order valence-corrected chi connectivity index (χ4v) is 4.89. The summed E-state index contributed by atoms with van der Waals surface area (Å²) in [6, 6.07) is 10.6. The zero-order valence-corrected chi connectivity index (χ0v) is 18.4. The summed E-state index contributed by atoms with van der Waals surface area (Å²) in [6.07, 6.45) is 0.330. The second-order valence-corrected chi connectivity index (χ2v) is 8.69. The van der Waals surface area contributed by atoms with Crippen molar-refractivity contribution < 1.29 is 14.0 Å². The number of halogens is 1. The van der Waals surface area contributed by atoms with E-state index in [1.165, 1.54) is 6.07 Å². The third-order valence-electron chi connectivity index (χ3n) is 6.27. The zero-order valence-electron chi connectivity index (χ0n) is 18.4. The first-order chi connectivity index (χ1) is 14.7. The molecule has 2 aromatic carbocycles. The summed E-state index contributed by atoms with van der Waals surface area (Å²) in [5, 5.41) is 6.14. The molecule has 1 fully saturated rings. The molecule has 164 valence electrons. The summed E-state index contributed by atoms with van der Waals surface area (Å²) in [5.41, 5.74) is 3.93. The number of anilines is 3. The van der Waals surface area contributed by atoms with Crippen LogP contribution in [0, 0.1) is 12.7 Å². The number of fused-ring (bicyclic) bond motifs is 1. The molecule has 3 atom stereocenters. The minimum absolute atomic E-state index is 0.0948. The van der Waals surface area contributed by atoms with E-state index in [0.717, 1.165) is 30.0 Å². The number of hydrogen-bond acceptors (Lipinski definition) is 4. The number of hydrogen-bond donors (Lipinski definition) is 2. The van der Waals surface area contributed by atoms with Crippen LogP contribution in [0.4, 0.5) is 21.5 Å². The molecule has 0 bridgehead atoms. The van der Waals surface area contributed by atoms with E-state index < -0.39 is 6.04 Å². The molecule has 0 aromatic heterocycles. The highest BCUT2D eigenvalue weighted by Crippen LogP contribution is 2.32. The summed E-state index contributed by atoms with van der Waals surface area (Å²) in [6.45, 7) is 9.10. The summed E-state index contributed by atoms with van der Waals surface area (Å²) in [7, 11) is 0. The van der Waals surface area contributed by atoms with Gasteiger partial charge in [0, 0.05) is 61.1 Å². The van der Waals surface area contributed by atoms with Crippen LogP contribution in [0.5, 0.6) is 0 Å². The van der Waals surface area contributed by atoms with Crippen LogP contribution < -0.4 is 15.5 Å². The Bertz CT molecular complexity index is 982. The molecule has 0 spiro atoms. The van der Waals surface area contributed by atoms with Crippen LogP contribution >= 0.6 is 0 Å². The predicted octanol–water partition coefficient (Wildman–Crippen LogP) is 3.55. The van der Waals surface area contributed by atoms with Crippen molar-refractivity contribution in [2.24, 2.45) is 0 Å². The third-order valence-corrected chi connectivity index (χ3v) is 6.27. The molecule has 2 amide bonds. The molecule has 31 heavy (non-hydrogen) atoms. The van der Waals surface area contributed by atoms with Crippen LogP contribution in [0.15, 0.2) is 36.4 Å². The van der Waals surface area contributed by atoms with Crippen LogP contribution in [-0.4, -0.2) is 47.9 Å². The normalized spacial score (nSPS) is 22.7. The standard InChI is InChI=1S/C24H29FN4O2/c1-14-8-9-21(25)20-11-22(27-23(14)20)24(31)26-18-6-5-7-19(10-18)28-12-15(2)29(17(4)30)16(3)13-28/h5-10,15-16,22,27H,11-13H2,1-4H3,(H,26,31)/t15-,16-,22?/m1/s1. The van der Waals surface area contributed by atoms with Crippen molar-refractivity contribution in [3.05, 3.63) is 53.3 Å². The van der Waals surface area contributed by atoms with Gasteiger partial charge in [-0.3, -0.25) is 9.59 Å². The minimum Gasteiger partial charge on any atom is -0.373 e. The van der Waals surface area contributed by atoms with Gasteiger partial charge in [-0.1, -0.05) is 12.1 Å². The molecule has 1 unspecified atom stereocenters. The van der Waals surface area contributed by atoms with Gasteiger partial charge in [0.25, 0.3) is 0 Å². The third kappa shape index (κ3) is 4.09. The lowest BCUT2D eigenvalue weighted by Gasteiger charge is -2.45. The highest BCUT2D eigenvalue weighted by Gasteiger charge is 2.32. The average Bonchev–Trinajstić information content (AvgIpc) is 3.17. The van der Waals surface area contributed by atoms with E-state index >= 15 is 0 Å². The van der Waals surface area contributed by atoms with Crippen molar-refractivity contribution in [2.45, 2.75) is 52.2 Å². The van der Waals surface area contributed by atoms with Crippen molar-refractivity contribution >= 4 is 28.9 Å². The molecule has 0 radical (unpaired) electrons. The summed E-state index contributed by atoms with van der Waals surface area (Å²) in [4.78, 5) is 28.9. The van der Waals surface area contributed by atoms with Crippen molar-refractivity contribution in [1.82, 2.24) is 4.90 Å². The van der Waals surface area contributed by atoms with E-state index in [0.29, 0.717) is 17.7 Å². The Morgan fingerprint density at radius 3 is 2.48 bits per heavy atom. The smallest absolute Gasteiger partial charge is 0.247 e. The van der Waals surface area contributed by atoms with E-state index in [9.17, 15) is 14.0 Å². The largest absolute Gasteiger partial charge is 0.373 e. The highest BCUT2D eigenvalue weighted by atomic mass is 19.1. The Hall–Kier alpha value is -3.09. The van der Waals surface area contributed by atoms with Crippen molar-refractivity contribution in [3.8, 4) is 0 Å². The summed E-state index contributed by atoms with van der Waals surface area (Å²) < 4.78 is 14.1. The predicted molar refractivity (Wildman–Crippen MR) is 121 cm³/mol. The molecular formula is C24H29FN4O2. The van der Waals surface area contributed by atoms with E-state index in [2.05, 4.69) is 29.4 Å². The fraction of sp³-hybridized carbons (Fsp3) is 0.417. The number of benzene rings is 2. The zero-order chi connectivity index (χ0) is 22.3. The molecule has 2 heterocycles. The lowest BCUT2D eigenvalue weighted by Crippen LogP contribution is -2.58. The van der Waals surface area contributed by atoms with E-state index in [4.69, 9.17) is 0 Å². The number of carbonyl (C=O) groups excluding carboxylic acids is 2. The molecule has 0 saturated carbocycles. The Kier molecular flexibility index (Phi) is 5.60. The molecule has 2 aliphatic heterocycles. The van der Waals surface area contributed by atoms with Gasteiger partial charge in [0.05, 0.1) is 0 Å². The molecule has 6 nitrogen and oxygen atoms in total. The Labute approximate surface area is 182 Å². The van der Waals surface area contributed by atoms with E-state index in [1.807, 2.05) is 36.1 Å². The lowest BCUT2D eigenvalue weighted by molar-refractivity contribution is -0.133. The Morgan fingerprint density at radius 1 is 1.13 bits per heavy atom. The number of nitrogens with one attached hydrogen (secondary N) is 2. The van der Waals surface area contributed by atoms with Gasteiger partial charge in [-0.25, -0.2) is 4.39 Å². The van der Waals surface area contributed by atoms with Gasteiger partial charge in [0.1, 0.15) is 11.9 Å². The Balaban J connectivity index is 1.45. The van der Waals surface area contributed by atoms with Gasteiger partial charge < -0.3 is 20.4 Å². The van der Waals surface area contributed by atoms with Crippen LogP contribution in [0.2, 0.25) is 0 Å². The second kappa shape index (κ2) is 8.21. The van der Waals surface area contributed by atoms with Gasteiger partial charge >= 0.3 is 0 Å². The van der Waals surface area contributed by atoms with E-state index in [1.54, 1.807) is 13.0 Å². The molecule has 2 N–H and O–H groups in total. The molecule has 1 saturated heterocycles. The molecule has 0 aliphatic carbocycles. The minimum atomic E-state index is -0.506.